The van der Waals surface area contributed by atoms with E-state index in [1.54, 1.807) is 0 Å². The Morgan fingerprint density at radius 3 is 2.05 bits per heavy atom. The number of carbonyl (C=O) groups excluding carboxylic acids is 1. The van der Waals surface area contributed by atoms with Crippen LogP contribution in [0.5, 0.6) is 0 Å². The third-order valence-corrected chi connectivity index (χ3v) is 4.61. The molecule has 2 unspecified atom stereocenters. The molecule has 3 nitrogen and oxygen atoms in total. The zero-order valence-electron chi connectivity index (χ0n) is 13.1. The van der Waals surface area contributed by atoms with Crippen molar-refractivity contribution in [2.24, 2.45) is 10.8 Å². The molecule has 0 spiro atoms. The molecule has 0 N–H and O–H groups in total. The van der Waals surface area contributed by atoms with Crippen molar-refractivity contribution < 1.29 is 4.79 Å². The molecular formula is C17H25ClN2O. The van der Waals surface area contributed by atoms with Crippen molar-refractivity contribution in [2.45, 2.75) is 20.3 Å². The van der Waals surface area contributed by atoms with E-state index in [1.807, 2.05) is 30.3 Å². The van der Waals surface area contributed by atoms with Gasteiger partial charge in [-0.3, -0.25) is 4.79 Å². The molecule has 1 aromatic rings. The lowest BCUT2D eigenvalue weighted by Crippen LogP contribution is -2.62. The van der Waals surface area contributed by atoms with Gasteiger partial charge in [-0.15, -0.1) is 12.4 Å². The number of rotatable bonds is 1. The molecule has 2 fully saturated rings. The van der Waals surface area contributed by atoms with Crippen LogP contribution in [-0.2, 0) is 0 Å². The molecular weight excluding hydrogens is 284 g/mol. The van der Waals surface area contributed by atoms with Gasteiger partial charge in [-0.1, -0.05) is 32.0 Å². The topological polar surface area (TPSA) is 23.6 Å². The Morgan fingerprint density at radius 1 is 1.00 bits per heavy atom. The van der Waals surface area contributed by atoms with Crippen molar-refractivity contribution in [3.05, 3.63) is 35.9 Å². The average Bonchev–Trinajstić information content (AvgIpc) is 2.35. The van der Waals surface area contributed by atoms with Crippen molar-refractivity contribution in [3.8, 4) is 0 Å². The van der Waals surface area contributed by atoms with Crippen LogP contribution in [0.25, 0.3) is 0 Å². The van der Waals surface area contributed by atoms with Crippen LogP contribution in [0.3, 0.4) is 0 Å². The maximum atomic E-state index is 12.7. The first-order valence-corrected chi connectivity index (χ1v) is 7.42. The minimum Gasteiger partial charge on any atom is -0.337 e. The molecule has 1 aromatic carbocycles. The van der Waals surface area contributed by atoms with Gasteiger partial charge in [0.25, 0.3) is 5.91 Å². The fraction of sp³-hybridized carbons (Fsp3) is 0.588. The van der Waals surface area contributed by atoms with Crippen molar-refractivity contribution >= 4 is 18.3 Å². The number of halogens is 1. The smallest absolute Gasteiger partial charge is 0.253 e. The second kappa shape index (κ2) is 5.62. The van der Waals surface area contributed by atoms with E-state index in [1.165, 1.54) is 6.42 Å². The average molecular weight is 309 g/mol. The maximum Gasteiger partial charge on any atom is 0.253 e. The van der Waals surface area contributed by atoms with Crippen LogP contribution in [0.4, 0.5) is 0 Å². The molecule has 2 saturated heterocycles. The van der Waals surface area contributed by atoms with E-state index < -0.39 is 0 Å². The van der Waals surface area contributed by atoms with Gasteiger partial charge in [0.2, 0.25) is 0 Å². The molecule has 3 rings (SSSR count). The predicted molar refractivity (Wildman–Crippen MR) is 87.9 cm³/mol. The SMILES string of the molecule is CN1CC2(C)CN(C(=O)c3ccccc3)CC(C)(C1)C2.Cl. The Hall–Kier alpha value is -1.06. The van der Waals surface area contributed by atoms with Gasteiger partial charge < -0.3 is 9.80 Å². The second-order valence-electron chi connectivity index (χ2n) is 7.50. The number of nitrogens with zero attached hydrogens (tertiary/aromatic N) is 2. The third-order valence-electron chi connectivity index (χ3n) is 4.61. The lowest BCUT2D eigenvalue weighted by Gasteiger charge is -2.56. The van der Waals surface area contributed by atoms with Gasteiger partial charge in [0.05, 0.1) is 0 Å². The fourth-order valence-electron chi connectivity index (χ4n) is 4.60. The van der Waals surface area contributed by atoms with E-state index in [0.717, 1.165) is 31.7 Å². The summed E-state index contributed by atoms with van der Waals surface area (Å²) in [7, 11) is 2.20. The van der Waals surface area contributed by atoms with E-state index in [2.05, 4.69) is 30.7 Å². The highest BCUT2D eigenvalue weighted by Crippen LogP contribution is 2.45. The van der Waals surface area contributed by atoms with Crippen LogP contribution in [0, 0.1) is 10.8 Å². The van der Waals surface area contributed by atoms with Crippen molar-refractivity contribution in [1.29, 1.82) is 0 Å². The highest BCUT2D eigenvalue weighted by atomic mass is 35.5. The largest absolute Gasteiger partial charge is 0.337 e. The summed E-state index contributed by atoms with van der Waals surface area (Å²) in [5.41, 5.74) is 1.27. The first-order valence-electron chi connectivity index (χ1n) is 7.42. The Kier molecular flexibility index (Phi) is 4.36. The van der Waals surface area contributed by atoms with Crippen molar-refractivity contribution in [3.63, 3.8) is 0 Å². The Labute approximate surface area is 133 Å². The number of likely N-dealkylation sites (tertiary alicyclic amines) is 2. The summed E-state index contributed by atoms with van der Waals surface area (Å²) in [6.07, 6.45) is 1.23. The van der Waals surface area contributed by atoms with Crippen molar-refractivity contribution in [2.75, 3.05) is 33.2 Å². The lowest BCUT2D eigenvalue weighted by molar-refractivity contribution is -0.0554. The van der Waals surface area contributed by atoms with Crippen LogP contribution in [0.1, 0.15) is 30.6 Å². The van der Waals surface area contributed by atoms with Crippen LogP contribution in [0.15, 0.2) is 30.3 Å². The summed E-state index contributed by atoms with van der Waals surface area (Å²) < 4.78 is 0. The number of piperidine rings is 2. The van der Waals surface area contributed by atoms with Gasteiger partial charge in [-0.2, -0.15) is 0 Å². The summed E-state index contributed by atoms with van der Waals surface area (Å²) in [5.74, 6) is 0.187. The molecule has 2 aliphatic heterocycles. The number of amides is 1. The molecule has 0 radical (unpaired) electrons. The Morgan fingerprint density at radius 2 is 1.52 bits per heavy atom. The lowest BCUT2D eigenvalue weighted by atomic mass is 9.65. The number of fused-ring (bicyclic) bond motifs is 2. The highest BCUT2D eigenvalue weighted by molar-refractivity contribution is 5.94. The molecule has 0 aromatic heterocycles. The summed E-state index contributed by atoms with van der Waals surface area (Å²) >= 11 is 0. The number of hydrogen-bond acceptors (Lipinski definition) is 2. The third kappa shape index (κ3) is 3.24. The molecule has 2 heterocycles. The zero-order chi connectivity index (χ0) is 14.4. The Bertz CT molecular complexity index is 501. The van der Waals surface area contributed by atoms with Gasteiger partial charge in [0.15, 0.2) is 0 Å². The van der Waals surface area contributed by atoms with Gasteiger partial charge >= 0.3 is 0 Å². The number of hydrogen-bond donors (Lipinski definition) is 0. The zero-order valence-corrected chi connectivity index (χ0v) is 13.9. The summed E-state index contributed by atoms with van der Waals surface area (Å²) in [6, 6.07) is 9.68. The quantitative estimate of drug-likeness (QED) is 0.796. The van der Waals surface area contributed by atoms with Crippen LogP contribution in [-0.4, -0.2) is 48.9 Å². The minimum atomic E-state index is 0. The van der Waals surface area contributed by atoms with Crippen molar-refractivity contribution in [1.82, 2.24) is 9.80 Å². The molecule has 21 heavy (non-hydrogen) atoms. The Balaban J connectivity index is 0.00000161. The molecule has 0 saturated carbocycles. The van der Waals surface area contributed by atoms with Crippen LogP contribution < -0.4 is 0 Å². The molecule has 4 heteroatoms. The first kappa shape index (κ1) is 16.3. The summed E-state index contributed by atoms with van der Waals surface area (Å²) in [4.78, 5) is 17.2. The van der Waals surface area contributed by atoms with Crippen LogP contribution >= 0.6 is 12.4 Å². The molecule has 2 atom stereocenters. The van der Waals surface area contributed by atoms with Gasteiger partial charge in [0, 0.05) is 31.7 Å². The molecule has 2 bridgehead atoms. The van der Waals surface area contributed by atoms with Gasteiger partial charge in [0.1, 0.15) is 0 Å². The summed E-state index contributed by atoms with van der Waals surface area (Å²) in [5, 5.41) is 0. The molecule has 116 valence electrons. The second-order valence-corrected chi connectivity index (χ2v) is 7.50. The molecule has 2 aliphatic rings. The van der Waals surface area contributed by atoms with E-state index in [4.69, 9.17) is 0 Å². The van der Waals surface area contributed by atoms with Gasteiger partial charge in [-0.05, 0) is 36.4 Å². The number of carbonyl (C=O) groups is 1. The standard InChI is InChI=1S/C17H24N2O.ClH/c1-16-9-17(2,11-18(3)10-16)13-19(12-16)15(20)14-7-5-4-6-8-14;/h4-8H,9-13H2,1-3H3;1H. The number of benzene rings is 1. The maximum absolute atomic E-state index is 12.7. The molecule has 1 amide bonds. The van der Waals surface area contributed by atoms with E-state index in [-0.39, 0.29) is 29.1 Å². The van der Waals surface area contributed by atoms with E-state index in [0.29, 0.717) is 0 Å². The summed E-state index contributed by atoms with van der Waals surface area (Å²) in [6.45, 7) is 8.57. The first-order chi connectivity index (χ1) is 9.39. The van der Waals surface area contributed by atoms with E-state index >= 15 is 0 Å². The fourth-order valence-corrected chi connectivity index (χ4v) is 4.60. The minimum absolute atomic E-state index is 0. The van der Waals surface area contributed by atoms with Crippen LogP contribution in [0.2, 0.25) is 0 Å². The normalized spacial score (nSPS) is 32.4. The highest BCUT2D eigenvalue weighted by Gasteiger charge is 2.48. The predicted octanol–water partition coefficient (Wildman–Crippen LogP) is 2.91. The monoisotopic (exact) mass is 308 g/mol. The van der Waals surface area contributed by atoms with Gasteiger partial charge in [-0.25, -0.2) is 0 Å². The van der Waals surface area contributed by atoms with E-state index in [9.17, 15) is 4.79 Å². The molecule has 0 aliphatic carbocycles.